The SMILES string of the molecule is C(CNCC1CCOCC1)CC1CC1. The largest absolute Gasteiger partial charge is 0.381 e. The van der Waals surface area contributed by atoms with Crippen LogP contribution in [-0.4, -0.2) is 26.3 Å². The van der Waals surface area contributed by atoms with Crippen molar-refractivity contribution in [3.8, 4) is 0 Å². The summed E-state index contributed by atoms with van der Waals surface area (Å²) in [7, 11) is 0. The summed E-state index contributed by atoms with van der Waals surface area (Å²) in [5.74, 6) is 1.98. The predicted octanol–water partition coefficient (Wildman–Crippen LogP) is 2.19. The van der Waals surface area contributed by atoms with Gasteiger partial charge in [-0.15, -0.1) is 0 Å². The molecule has 2 nitrogen and oxygen atoms in total. The third kappa shape index (κ3) is 3.97. The molecule has 1 N–H and O–H groups in total. The summed E-state index contributed by atoms with van der Waals surface area (Å²) >= 11 is 0. The van der Waals surface area contributed by atoms with Crippen LogP contribution in [0.2, 0.25) is 0 Å². The van der Waals surface area contributed by atoms with Gasteiger partial charge in [-0.05, 0) is 50.6 Å². The topological polar surface area (TPSA) is 21.3 Å². The summed E-state index contributed by atoms with van der Waals surface area (Å²) < 4.78 is 5.34. The quantitative estimate of drug-likeness (QED) is 0.659. The molecule has 1 aliphatic heterocycles. The Bertz CT molecular complexity index is 150. The van der Waals surface area contributed by atoms with Crippen molar-refractivity contribution in [2.75, 3.05) is 26.3 Å². The Labute approximate surface area is 87.4 Å². The van der Waals surface area contributed by atoms with Crippen LogP contribution in [0.3, 0.4) is 0 Å². The lowest BCUT2D eigenvalue weighted by atomic mass is 10.0. The zero-order chi connectivity index (χ0) is 9.64. The molecule has 2 aliphatic rings. The fraction of sp³-hybridized carbons (Fsp3) is 1.00. The van der Waals surface area contributed by atoms with Gasteiger partial charge in [-0.1, -0.05) is 12.8 Å². The molecule has 0 radical (unpaired) electrons. The van der Waals surface area contributed by atoms with E-state index in [2.05, 4.69) is 5.32 Å². The van der Waals surface area contributed by atoms with Gasteiger partial charge >= 0.3 is 0 Å². The molecule has 0 amide bonds. The lowest BCUT2D eigenvalue weighted by Gasteiger charge is -2.22. The molecule has 14 heavy (non-hydrogen) atoms. The van der Waals surface area contributed by atoms with Gasteiger partial charge in [0.1, 0.15) is 0 Å². The summed E-state index contributed by atoms with van der Waals surface area (Å²) in [6.07, 6.45) is 8.36. The summed E-state index contributed by atoms with van der Waals surface area (Å²) in [6, 6.07) is 0. The Morgan fingerprint density at radius 1 is 1.00 bits per heavy atom. The van der Waals surface area contributed by atoms with Crippen LogP contribution in [0.1, 0.15) is 38.5 Å². The van der Waals surface area contributed by atoms with Crippen molar-refractivity contribution < 1.29 is 4.74 Å². The summed E-state index contributed by atoms with van der Waals surface area (Å²) in [5.41, 5.74) is 0. The van der Waals surface area contributed by atoms with Crippen LogP contribution in [0.25, 0.3) is 0 Å². The molecule has 0 atom stereocenters. The van der Waals surface area contributed by atoms with E-state index in [1.54, 1.807) is 0 Å². The van der Waals surface area contributed by atoms with E-state index >= 15 is 0 Å². The van der Waals surface area contributed by atoms with Gasteiger partial charge in [-0.3, -0.25) is 0 Å². The van der Waals surface area contributed by atoms with Crippen LogP contribution in [0.4, 0.5) is 0 Å². The molecule has 0 unspecified atom stereocenters. The Balaban J connectivity index is 1.41. The number of rotatable bonds is 6. The molecule has 1 heterocycles. The van der Waals surface area contributed by atoms with Gasteiger partial charge < -0.3 is 10.1 Å². The maximum absolute atomic E-state index is 5.34. The molecule has 0 aromatic heterocycles. The predicted molar refractivity (Wildman–Crippen MR) is 58.4 cm³/mol. The van der Waals surface area contributed by atoms with Crippen LogP contribution in [0.5, 0.6) is 0 Å². The van der Waals surface area contributed by atoms with Crippen LogP contribution in [0, 0.1) is 11.8 Å². The second kappa shape index (κ2) is 5.72. The van der Waals surface area contributed by atoms with Crippen LogP contribution in [-0.2, 0) is 4.74 Å². The molecule has 2 heteroatoms. The standard InChI is InChI=1S/C12H23NO/c1(2-11-3-4-11)7-13-10-12-5-8-14-9-6-12/h11-13H,1-10H2. The van der Waals surface area contributed by atoms with E-state index < -0.39 is 0 Å². The molecule has 0 aromatic carbocycles. The van der Waals surface area contributed by atoms with Crippen LogP contribution >= 0.6 is 0 Å². The third-order valence-corrected chi connectivity index (χ3v) is 3.44. The molecule has 2 fully saturated rings. The van der Waals surface area contributed by atoms with Crippen molar-refractivity contribution in [3.63, 3.8) is 0 Å². The monoisotopic (exact) mass is 197 g/mol. The normalized spacial score (nSPS) is 24.0. The Hall–Kier alpha value is -0.0800. The number of hydrogen-bond donors (Lipinski definition) is 1. The molecular formula is C12H23NO. The molecule has 1 saturated carbocycles. The highest BCUT2D eigenvalue weighted by Crippen LogP contribution is 2.33. The summed E-state index contributed by atoms with van der Waals surface area (Å²) in [4.78, 5) is 0. The van der Waals surface area contributed by atoms with Gasteiger partial charge in [0.15, 0.2) is 0 Å². The van der Waals surface area contributed by atoms with Crippen LogP contribution < -0.4 is 5.32 Å². The average molecular weight is 197 g/mol. The summed E-state index contributed by atoms with van der Waals surface area (Å²) in [6.45, 7) is 4.41. The summed E-state index contributed by atoms with van der Waals surface area (Å²) in [5, 5.41) is 3.58. The molecule has 82 valence electrons. The van der Waals surface area contributed by atoms with Crippen molar-refractivity contribution in [1.82, 2.24) is 5.32 Å². The second-order valence-corrected chi connectivity index (χ2v) is 4.85. The smallest absolute Gasteiger partial charge is 0.0469 e. The highest BCUT2D eigenvalue weighted by Gasteiger charge is 2.20. The first-order chi connectivity index (χ1) is 6.95. The minimum absolute atomic E-state index is 0.879. The molecular weight excluding hydrogens is 174 g/mol. The van der Waals surface area contributed by atoms with Gasteiger partial charge in [0, 0.05) is 13.2 Å². The van der Waals surface area contributed by atoms with Gasteiger partial charge in [0.2, 0.25) is 0 Å². The van der Waals surface area contributed by atoms with E-state index in [1.165, 1.54) is 51.6 Å². The Morgan fingerprint density at radius 2 is 1.79 bits per heavy atom. The van der Waals surface area contributed by atoms with Crippen molar-refractivity contribution in [2.24, 2.45) is 11.8 Å². The Kier molecular flexibility index (Phi) is 4.26. The van der Waals surface area contributed by atoms with Crippen molar-refractivity contribution in [3.05, 3.63) is 0 Å². The van der Waals surface area contributed by atoms with Crippen molar-refractivity contribution in [1.29, 1.82) is 0 Å². The minimum atomic E-state index is 0.879. The molecule has 0 spiro atoms. The highest BCUT2D eigenvalue weighted by molar-refractivity contribution is 4.73. The van der Waals surface area contributed by atoms with Gasteiger partial charge in [-0.25, -0.2) is 0 Å². The first kappa shape index (κ1) is 10.4. The van der Waals surface area contributed by atoms with Gasteiger partial charge in [-0.2, -0.15) is 0 Å². The van der Waals surface area contributed by atoms with E-state index in [4.69, 9.17) is 4.74 Å². The second-order valence-electron chi connectivity index (χ2n) is 4.85. The maximum Gasteiger partial charge on any atom is 0.0469 e. The van der Waals surface area contributed by atoms with Crippen molar-refractivity contribution >= 4 is 0 Å². The molecule has 0 bridgehead atoms. The van der Waals surface area contributed by atoms with E-state index in [0.717, 1.165) is 25.0 Å². The molecule has 2 rings (SSSR count). The molecule has 1 saturated heterocycles. The number of ether oxygens (including phenoxy) is 1. The fourth-order valence-electron chi connectivity index (χ4n) is 2.18. The van der Waals surface area contributed by atoms with E-state index in [0.29, 0.717) is 0 Å². The Morgan fingerprint density at radius 3 is 2.50 bits per heavy atom. The van der Waals surface area contributed by atoms with E-state index in [-0.39, 0.29) is 0 Å². The molecule has 0 aromatic rings. The zero-order valence-electron chi connectivity index (χ0n) is 9.13. The lowest BCUT2D eigenvalue weighted by Crippen LogP contribution is -2.28. The van der Waals surface area contributed by atoms with Crippen LogP contribution in [0.15, 0.2) is 0 Å². The number of hydrogen-bond acceptors (Lipinski definition) is 2. The first-order valence-electron chi connectivity index (χ1n) is 6.23. The highest BCUT2D eigenvalue weighted by atomic mass is 16.5. The lowest BCUT2D eigenvalue weighted by molar-refractivity contribution is 0.0663. The van der Waals surface area contributed by atoms with Gasteiger partial charge in [0.05, 0.1) is 0 Å². The maximum atomic E-state index is 5.34. The minimum Gasteiger partial charge on any atom is -0.381 e. The van der Waals surface area contributed by atoms with Crippen molar-refractivity contribution in [2.45, 2.75) is 38.5 Å². The van der Waals surface area contributed by atoms with E-state index in [1.807, 2.05) is 0 Å². The van der Waals surface area contributed by atoms with Gasteiger partial charge in [0.25, 0.3) is 0 Å². The third-order valence-electron chi connectivity index (χ3n) is 3.44. The fourth-order valence-corrected chi connectivity index (χ4v) is 2.18. The average Bonchev–Trinajstić information content (AvgIpc) is 3.03. The molecule has 1 aliphatic carbocycles. The number of nitrogens with one attached hydrogen (secondary N) is 1. The zero-order valence-corrected chi connectivity index (χ0v) is 9.13. The van der Waals surface area contributed by atoms with E-state index in [9.17, 15) is 0 Å². The first-order valence-corrected chi connectivity index (χ1v) is 6.23.